The number of carbonyl (C=O) groups excluding carboxylic acids is 1. The van der Waals surface area contributed by atoms with Crippen molar-refractivity contribution in [3.8, 4) is 0 Å². The Kier molecular flexibility index (Phi) is 5.58. The lowest BCUT2D eigenvalue weighted by atomic mass is 9.76. The maximum absolute atomic E-state index is 12.6. The smallest absolute Gasteiger partial charge is 0.288 e. The standard InChI is InChI=1S/C15H20F2N2OS/c1-2-15(7-9-18-10-8-15)13(20)19-11-5-3-4-6-12(11)21-14(16)17/h3-6,14,18H,2,7-10H2,1H3,(H,19,20). The minimum atomic E-state index is -2.50. The molecular weight excluding hydrogens is 294 g/mol. The van der Waals surface area contributed by atoms with Crippen LogP contribution in [0.2, 0.25) is 0 Å². The predicted molar refractivity (Wildman–Crippen MR) is 81.8 cm³/mol. The largest absolute Gasteiger partial charge is 0.325 e. The number of hydrogen-bond acceptors (Lipinski definition) is 3. The van der Waals surface area contributed by atoms with E-state index < -0.39 is 11.2 Å². The first-order chi connectivity index (χ1) is 10.1. The highest BCUT2D eigenvalue weighted by atomic mass is 32.2. The van der Waals surface area contributed by atoms with E-state index in [-0.39, 0.29) is 5.91 Å². The van der Waals surface area contributed by atoms with Crippen molar-refractivity contribution >= 4 is 23.4 Å². The summed E-state index contributed by atoms with van der Waals surface area (Å²) in [6.45, 7) is 3.63. The van der Waals surface area contributed by atoms with Gasteiger partial charge < -0.3 is 10.6 Å². The van der Waals surface area contributed by atoms with E-state index in [4.69, 9.17) is 0 Å². The van der Waals surface area contributed by atoms with Crippen molar-refractivity contribution in [2.45, 2.75) is 36.8 Å². The molecule has 1 aliphatic rings. The van der Waals surface area contributed by atoms with E-state index in [1.165, 1.54) is 0 Å². The van der Waals surface area contributed by atoms with Crippen molar-refractivity contribution in [2.24, 2.45) is 5.41 Å². The van der Waals surface area contributed by atoms with Crippen molar-refractivity contribution in [2.75, 3.05) is 18.4 Å². The molecule has 116 valence electrons. The minimum Gasteiger partial charge on any atom is -0.325 e. The van der Waals surface area contributed by atoms with E-state index in [1.54, 1.807) is 24.3 Å². The van der Waals surface area contributed by atoms with Gasteiger partial charge in [-0.25, -0.2) is 0 Å². The highest BCUT2D eigenvalue weighted by molar-refractivity contribution is 7.99. The van der Waals surface area contributed by atoms with Crippen LogP contribution in [-0.2, 0) is 4.79 Å². The molecule has 1 aromatic carbocycles. The summed E-state index contributed by atoms with van der Waals surface area (Å²) in [6, 6.07) is 6.72. The number of carbonyl (C=O) groups is 1. The number of thioether (sulfide) groups is 1. The molecule has 0 aromatic heterocycles. The Hall–Kier alpha value is -1.14. The highest BCUT2D eigenvalue weighted by Gasteiger charge is 2.37. The lowest BCUT2D eigenvalue weighted by molar-refractivity contribution is -0.127. The summed E-state index contributed by atoms with van der Waals surface area (Å²) < 4.78 is 25.2. The molecule has 1 aromatic rings. The van der Waals surface area contributed by atoms with Crippen LogP contribution in [0.15, 0.2) is 29.2 Å². The molecule has 1 aliphatic heterocycles. The fourth-order valence-corrected chi connectivity index (χ4v) is 3.27. The average molecular weight is 314 g/mol. The molecule has 6 heteroatoms. The zero-order valence-electron chi connectivity index (χ0n) is 12.0. The molecule has 21 heavy (non-hydrogen) atoms. The van der Waals surface area contributed by atoms with Gasteiger partial charge in [0.25, 0.3) is 5.76 Å². The van der Waals surface area contributed by atoms with Crippen molar-refractivity contribution in [3.05, 3.63) is 24.3 Å². The maximum Gasteiger partial charge on any atom is 0.288 e. The first kappa shape index (κ1) is 16.2. The van der Waals surface area contributed by atoms with E-state index >= 15 is 0 Å². The summed E-state index contributed by atoms with van der Waals surface area (Å²) in [5.74, 6) is -2.56. The SMILES string of the molecule is CCC1(C(=O)Nc2ccccc2SC(F)F)CCNCC1. The van der Waals surface area contributed by atoms with Gasteiger partial charge in [-0.3, -0.25) is 4.79 Å². The van der Waals surface area contributed by atoms with Gasteiger partial charge in [-0.2, -0.15) is 8.78 Å². The quantitative estimate of drug-likeness (QED) is 0.814. The second-order valence-electron chi connectivity index (χ2n) is 5.21. The third-order valence-electron chi connectivity index (χ3n) is 4.07. The first-order valence-corrected chi connectivity index (χ1v) is 8.01. The third-order valence-corrected chi connectivity index (χ3v) is 4.86. The second-order valence-corrected chi connectivity index (χ2v) is 6.24. The Labute approximate surface area is 127 Å². The van der Waals surface area contributed by atoms with Gasteiger partial charge >= 0.3 is 0 Å². The van der Waals surface area contributed by atoms with E-state index in [0.717, 1.165) is 32.4 Å². The number of para-hydroxylation sites is 1. The van der Waals surface area contributed by atoms with Crippen LogP contribution in [-0.4, -0.2) is 24.8 Å². The van der Waals surface area contributed by atoms with Gasteiger partial charge in [0.15, 0.2) is 0 Å². The first-order valence-electron chi connectivity index (χ1n) is 7.13. The molecular formula is C15H20F2N2OS. The molecule has 1 saturated heterocycles. The molecule has 0 unspecified atom stereocenters. The molecule has 2 rings (SSSR count). The van der Waals surface area contributed by atoms with Gasteiger partial charge in [0.2, 0.25) is 5.91 Å². The number of piperidine rings is 1. The van der Waals surface area contributed by atoms with Crippen LogP contribution in [0.3, 0.4) is 0 Å². The minimum absolute atomic E-state index is 0.0613. The molecule has 1 heterocycles. The highest BCUT2D eigenvalue weighted by Crippen LogP contribution is 2.36. The van der Waals surface area contributed by atoms with E-state index in [9.17, 15) is 13.6 Å². The lowest BCUT2D eigenvalue weighted by Crippen LogP contribution is -2.44. The summed E-state index contributed by atoms with van der Waals surface area (Å²) in [7, 11) is 0. The van der Waals surface area contributed by atoms with Crippen LogP contribution in [0, 0.1) is 5.41 Å². The Morgan fingerprint density at radius 1 is 1.38 bits per heavy atom. The topological polar surface area (TPSA) is 41.1 Å². The number of anilines is 1. The maximum atomic E-state index is 12.6. The Balaban J connectivity index is 2.15. The molecule has 0 bridgehead atoms. The van der Waals surface area contributed by atoms with Gasteiger partial charge in [0.05, 0.1) is 11.1 Å². The fourth-order valence-electron chi connectivity index (χ4n) is 2.67. The fraction of sp³-hybridized carbons (Fsp3) is 0.533. The van der Waals surface area contributed by atoms with Crippen molar-refractivity contribution in [1.29, 1.82) is 0 Å². The summed E-state index contributed by atoms with van der Waals surface area (Å²) in [5, 5.41) is 6.10. The van der Waals surface area contributed by atoms with Crippen LogP contribution < -0.4 is 10.6 Å². The molecule has 0 saturated carbocycles. The van der Waals surface area contributed by atoms with Crippen LogP contribution in [0.25, 0.3) is 0 Å². The Bertz CT molecular complexity index is 490. The Morgan fingerprint density at radius 2 is 2.05 bits per heavy atom. The van der Waals surface area contributed by atoms with Crippen LogP contribution in [0.5, 0.6) is 0 Å². The number of halogens is 2. The van der Waals surface area contributed by atoms with Crippen molar-refractivity contribution in [1.82, 2.24) is 5.32 Å². The van der Waals surface area contributed by atoms with Gasteiger partial charge in [-0.1, -0.05) is 30.8 Å². The Morgan fingerprint density at radius 3 is 2.67 bits per heavy atom. The van der Waals surface area contributed by atoms with Gasteiger partial charge in [-0.15, -0.1) is 0 Å². The zero-order valence-corrected chi connectivity index (χ0v) is 12.8. The summed E-state index contributed by atoms with van der Waals surface area (Å²) in [5.41, 5.74) is 0.0765. The summed E-state index contributed by atoms with van der Waals surface area (Å²) in [6.07, 6.45) is 2.31. The van der Waals surface area contributed by atoms with Crippen LogP contribution in [0.1, 0.15) is 26.2 Å². The van der Waals surface area contributed by atoms with Gasteiger partial charge in [0.1, 0.15) is 0 Å². The number of hydrogen-bond donors (Lipinski definition) is 2. The molecule has 0 radical (unpaired) electrons. The molecule has 1 amide bonds. The molecule has 0 aliphatic carbocycles. The summed E-state index contributed by atoms with van der Waals surface area (Å²) in [4.78, 5) is 13.0. The van der Waals surface area contributed by atoms with Crippen LogP contribution >= 0.6 is 11.8 Å². The zero-order chi connectivity index (χ0) is 15.3. The molecule has 0 spiro atoms. The summed E-state index contributed by atoms with van der Waals surface area (Å²) >= 11 is 0.460. The predicted octanol–water partition coefficient (Wildman–Crippen LogP) is 3.72. The third kappa shape index (κ3) is 3.95. The normalized spacial score (nSPS) is 17.7. The van der Waals surface area contributed by atoms with E-state index in [2.05, 4.69) is 10.6 Å². The second kappa shape index (κ2) is 7.22. The van der Waals surface area contributed by atoms with Crippen molar-refractivity contribution < 1.29 is 13.6 Å². The molecule has 3 nitrogen and oxygen atoms in total. The number of nitrogens with one attached hydrogen (secondary N) is 2. The monoisotopic (exact) mass is 314 g/mol. The molecule has 0 atom stereocenters. The molecule has 2 N–H and O–H groups in total. The van der Waals surface area contributed by atoms with Gasteiger partial charge in [-0.05, 0) is 44.5 Å². The lowest BCUT2D eigenvalue weighted by Gasteiger charge is -2.35. The number of alkyl halides is 2. The van der Waals surface area contributed by atoms with E-state index in [0.29, 0.717) is 22.3 Å². The number of rotatable bonds is 5. The van der Waals surface area contributed by atoms with Gasteiger partial charge in [0, 0.05) is 4.90 Å². The average Bonchev–Trinajstić information content (AvgIpc) is 2.49. The number of amides is 1. The molecule has 1 fully saturated rings. The van der Waals surface area contributed by atoms with Crippen molar-refractivity contribution in [3.63, 3.8) is 0 Å². The number of benzene rings is 1. The van der Waals surface area contributed by atoms with E-state index in [1.807, 2.05) is 6.92 Å². The van der Waals surface area contributed by atoms with Crippen LogP contribution in [0.4, 0.5) is 14.5 Å².